The quantitative estimate of drug-likeness (QED) is 0.675. The van der Waals surface area contributed by atoms with Crippen molar-refractivity contribution in [3.05, 3.63) is 59.4 Å². The molecule has 2 aliphatic rings. The SMILES string of the molecule is CCN(CC)CCNC(=O)c1ccc2c(c1)C1NCCC1C(c1ccccn1)N2. The number of hydrogen-bond donors (Lipinski definition) is 3. The molecule has 1 aromatic heterocycles. The van der Waals surface area contributed by atoms with Gasteiger partial charge in [0.25, 0.3) is 5.91 Å². The number of likely N-dealkylation sites (N-methyl/N-ethyl adjacent to an activating group) is 1. The van der Waals surface area contributed by atoms with E-state index in [0.717, 1.165) is 49.5 Å². The zero-order chi connectivity index (χ0) is 20.2. The third-order valence-corrected chi connectivity index (χ3v) is 6.27. The molecule has 1 saturated heterocycles. The number of rotatable bonds is 7. The van der Waals surface area contributed by atoms with Gasteiger partial charge in [-0.2, -0.15) is 0 Å². The summed E-state index contributed by atoms with van der Waals surface area (Å²) in [6, 6.07) is 12.6. The second-order valence-corrected chi connectivity index (χ2v) is 7.85. The topological polar surface area (TPSA) is 69.3 Å². The molecule has 1 amide bonds. The molecule has 1 fully saturated rings. The predicted octanol–water partition coefficient (Wildman–Crippen LogP) is 2.97. The lowest BCUT2D eigenvalue weighted by Crippen LogP contribution is -2.35. The lowest BCUT2D eigenvalue weighted by atomic mass is 9.81. The van der Waals surface area contributed by atoms with Gasteiger partial charge in [0.05, 0.1) is 11.7 Å². The monoisotopic (exact) mass is 393 g/mol. The normalized spacial score (nSPS) is 22.7. The van der Waals surface area contributed by atoms with Crippen LogP contribution in [0.25, 0.3) is 0 Å². The number of hydrogen-bond acceptors (Lipinski definition) is 5. The molecule has 6 heteroatoms. The summed E-state index contributed by atoms with van der Waals surface area (Å²) in [5.41, 5.74) is 4.09. The highest BCUT2D eigenvalue weighted by Gasteiger charge is 2.40. The Bertz CT molecular complexity index is 836. The third kappa shape index (κ3) is 4.14. The molecule has 2 aromatic rings. The van der Waals surface area contributed by atoms with Crippen LogP contribution in [0.5, 0.6) is 0 Å². The largest absolute Gasteiger partial charge is 0.376 e. The Balaban J connectivity index is 1.50. The summed E-state index contributed by atoms with van der Waals surface area (Å²) in [5.74, 6) is 0.430. The molecule has 3 atom stereocenters. The molecule has 0 bridgehead atoms. The van der Waals surface area contributed by atoms with Gasteiger partial charge in [-0.3, -0.25) is 9.78 Å². The Morgan fingerprint density at radius 1 is 1.21 bits per heavy atom. The molecular weight excluding hydrogens is 362 g/mol. The Morgan fingerprint density at radius 3 is 2.83 bits per heavy atom. The van der Waals surface area contributed by atoms with Crippen molar-refractivity contribution in [2.45, 2.75) is 32.4 Å². The highest BCUT2D eigenvalue weighted by atomic mass is 16.1. The molecule has 3 N–H and O–H groups in total. The van der Waals surface area contributed by atoms with Crippen molar-refractivity contribution in [2.75, 3.05) is 38.0 Å². The molecule has 29 heavy (non-hydrogen) atoms. The van der Waals surface area contributed by atoms with E-state index in [1.54, 1.807) is 0 Å². The number of anilines is 1. The minimum absolute atomic E-state index is 0.00125. The number of nitrogens with zero attached hydrogens (tertiary/aromatic N) is 2. The first-order valence-electron chi connectivity index (χ1n) is 10.8. The van der Waals surface area contributed by atoms with E-state index in [9.17, 15) is 4.79 Å². The average molecular weight is 394 g/mol. The lowest BCUT2D eigenvalue weighted by molar-refractivity contribution is 0.0948. The second kappa shape index (κ2) is 8.93. The molecule has 3 heterocycles. The van der Waals surface area contributed by atoms with Crippen molar-refractivity contribution < 1.29 is 4.79 Å². The Hall–Kier alpha value is -2.44. The Morgan fingerprint density at radius 2 is 2.07 bits per heavy atom. The highest BCUT2D eigenvalue weighted by Crippen LogP contribution is 2.46. The van der Waals surface area contributed by atoms with Crippen molar-refractivity contribution in [2.24, 2.45) is 5.92 Å². The minimum Gasteiger partial charge on any atom is -0.376 e. The van der Waals surface area contributed by atoms with Gasteiger partial charge < -0.3 is 20.9 Å². The lowest BCUT2D eigenvalue weighted by Gasteiger charge is -2.36. The average Bonchev–Trinajstić information content (AvgIpc) is 3.26. The van der Waals surface area contributed by atoms with Crippen LogP contribution in [0.2, 0.25) is 0 Å². The summed E-state index contributed by atoms with van der Waals surface area (Å²) < 4.78 is 0. The van der Waals surface area contributed by atoms with E-state index in [1.807, 2.05) is 30.5 Å². The fourth-order valence-corrected chi connectivity index (χ4v) is 4.61. The van der Waals surface area contributed by atoms with E-state index in [4.69, 9.17) is 0 Å². The van der Waals surface area contributed by atoms with E-state index in [2.05, 4.69) is 51.8 Å². The summed E-state index contributed by atoms with van der Waals surface area (Å²) in [6.45, 7) is 8.83. The van der Waals surface area contributed by atoms with E-state index in [0.29, 0.717) is 12.5 Å². The summed E-state index contributed by atoms with van der Waals surface area (Å²) in [7, 11) is 0. The van der Waals surface area contributed by atoms with Gasteiger partial charge in [-0.05, 0) is 62.0 Å². The van der Waals surface area contributed by atoms with Crippen LogP contribution in [-0.2, 0) is 0 Å². The maximum Gasteiger partial charge on any atom is 0.251 e. The van der Waals surface area contributed by atoms with Crippen LogP contribution < -0.4 is 16.0 Å². The van der Waals surface area contributed by atoms with Gasteiger partial charge in [0.15, 0.2) is 0 Å². The zero-order valence-corrected chi connectivity index (χ0v) is 17.3. The molecule has 0 radical (unpaired) electrons. The van der Waals surface area contributed by atoms with Crippen LogP contribution in [0.4, 0.5) is 5.69 Å². The molecule has 4 rings (SSSR count). The number of carbonyl (C=O) groups is 1. The standard InChI is InChI=1S/C23H31N5O/c1-3-28(4-2)14-13-26-23(29)16-8-9-19-18(15-16)21-17(10-12-25-21)22(27-19)20-7-5-6-11-24-20/h5-9,11,15,17,21-22,25,27H,3-4,10,12-14H2,1-2H3,(H,26,29). The van der Waals surface area contributed by atoms with Gasteiger partial charge in [0.2, 0.25) is 0 Å². The highest BCUT2D eigenvalue weighted by molar-refractivity contribution is 5.95. The van der Waals surface area contributed by atoms with Gasteiger partial charge in [-0.1, -0.05) is 19.9 Å². The summed E-state index contributed by atoms with van der Waals surface area (Å²) in [4.78, 5) is 19.6. The van der Waals surface area contributed by atoms with Crippen LogP contribution in [-0.4, -0.2) is 48.5 Å². The van der Waals surface area contributed by atoms with Gasteiger partial charge >= 0.3 is 0 Å². The summed E-state index contributed by atoms with van der Waals surface area (Å²) in [6.07, 6.45) is 2.95. The molecule has 6 nitrogen and oxygen atoms in total. The molecule has 0 saturated carbocycles. The van der Waals surface area contributed by atoms with Crippen LogP contribution in [0.1, 0.15) is 54.0 Å². The molecule has 154 valence electrons. The van der Waals surface area contributed by atoms with E-state index < -0.39 is 0 Å². The number of fused-ring (bicyclic) bond motifs is 3. The molecular formula is C23H31N5O. The second-order valence-electron chi connectivity index (χ2n) is 7.85. The number of pyridine rings is 1. The Kier molecular flexibility index (Phi) is 6.11. The third-order valence-electron chi connectivity index (χ3n) is 6.27. The zero-order valence-electron chi connectivity index (χ0n) is 17.3. The maximum absolute atomic E-state index is 12.7. The minimum atomic E-state index is 0.00125. The number of benzene rings is 1. The first-order valence-corrected chi connectivity index (χ1v) is 10.8. The number of carbonyl (C=O) groups excluding carboxylic acids is 1. The first-order chi connectivity index (χ1) is 14.2. The van der Waals surface area contributed by atoms with Crippen LogP contribution >= 0.6 is 0 Å². The van der Waals surface area contributed by atoms with Crippen LogP contribution in [0, 0.1) is 5.92 Å². The molecule has 2 aliphatic heterocycles. The van der Waals surface area contributed by atoms with Crippen molar-refractivity contribution in [1.29, 1.82) is 0 Å². The van der Waals surface area contributed by atoms with E-state index >= 15 is 0 Å². The Labute approximate surface area is 173 Å². The van der Waals surface area contributed by atoms with Crippen LogP contribution in [0.15, 0.2) is 42.6 Å². The van der Waals surface area contributed by atoms with E-state index in [-0.39, 0.29) is 18.0 Å². The van der Waals surface area contributed by atoms with Gasteiger partial charge in [0, 0.05) is 42.5 Å². The maximum atomic E-state index is 12.7. The summed E-state index contributed by atoms with van der Waals surface area (Å²) >= 11 is 0. The van der Waals surface area contributed by atoms with Crippen molar-refractivity contribution in [1.82, 2.24) is 20.5 Å². The predicted molar refractivity (Wildman–Crippen MR) is 116 cm³/mol. The van der Waals surface area contributed by atoms with Crippen LogP contribution in [0.3, 0.4) is 0 Å². The van der Waals surface area contributed by atoms with Crippen molar-refractivity contribution >= 4 is 11.6 Å². The number of amides is 1. The number of aromatic nitrogens is 1. The van der Waals surface area contributed by atoms with Gasteiger partial charge in [-0.25, -0.2) is 0 Å². The molecule has 0 aliphatic carbocycles. The van der Waals surface area contributed by atoms with Gasteiger partial charge in [-0.15, -0.1) is 0 Å². The first kappa shape index (κ1) is 19.9. The summed E-state index contributed by atoms with van der Waals surface area (Å²) in [5, 5.41) is 10.4. The van der Waals surface area contributed by atoms with Crippen molar-refractivity contribution in [3.63, 3.8) is 0 Å². The molecule has 3 unspecified atom stereocenters. The smallest absolute Gasteiger partial charge is 0.251 e. The fourth-order valence-electron chi connectivity index (χ4n) is 4.61. The molecule has 0 spiro atoms. The van der Waals surface area contributed by atoms with E-state index in [1.165, 1.54) is 5.56 Å². The molecule has 1 aromatic carbocycles. The van der Waals surface area contributed by atoms with Gasteiger partial charge in [0.1, 0.15) is 0 Å². The number of nitrogens with one attached hydrogen (secondary N) is 3. The fraction of sp³-hybridized carbons (Fsp3) is 0.478. The van der Waals surface area contributed by atoms with Crippen molar-refractivity contribution in [3.8, 4) is 0 Å².